The van der Waals surface area contributed by atoms with Gasteiger partial charge in [0.1, 0.15) is 11.5 Å². The first-order valence-electron chi connectivity index (χ1n) is 6.45. The molecule has 1 rings (SSSR count). The molecule has 0 aliphatic carbocycles. The van der Waals surface area contributed by atoms with Crippen LogP contribution >= 0.6 is 0 Å². The Balaban J connectivity index is 2.62. The van der Waals surface area contributed by atoms with E-state index in [0.29, 0.717) is 13.2 Å². The molecule has 0 aromatic heterocycles. The second-order valence-electron chi connectivity index (χ2n) is 4.21. The van der Waals surface area contributed by atoms with Gasteiger partial charge in [-0.2, -0.15) is 0 Å². The molecule has 0 aliphatic rings. The zero-order valence-corrected chi connectivity index (χ0v) is 12.0. The third kappa shape index (κ3) is 5.90. The van der Waals surface area contributed by atoms with E-state index in [4.69, 9.17) is 19.9 Å². The minimum atomic E-state index is -0.377. The Morgan fingerprint density at radius 2 is 2.10 bits per heavy atom. The third-order valence-corrected chi connectivity index (χ3v) is 2.67. The molecule has 0 bridgehead atoms. The molecule has 1 aromatic carbocycles. The van der Waals surface area contributed by atoms with Crippen LogP contribution in [0.25, 0.3) is 0 Å². The van der Waals surface area contributed by atoms with Crippen LogP contribution in [0, 0.1) is 0 Å². The van der Waals surface area contributed by atoms with E-state index in [9.17, 15) is 4.79 Å². The number of nitrogens with two attached hydrogens (primary N) is 1. The Morgan fingerprint density at radius 1 is 1.30 bits per heavy atom. The van der Waals surface area contributed by atoms with Crippen molar-refractivity contribution in [1.29, 1.82) is 0 Å². The van der Waals surface area contributed by atoms with E-state index in [1.54, 1.807) is 14.2 Å². The van der Waals surface area contributed by atoms with Crippen molar-refractivity contribution in [2.75, 3.05) is 34.0 Å². The van der Waals surface area contributed by atoms with Gasteiger partial charge in [0.25, 0.3) is 0 Å². The summed E-state index contributed by atoms with van der Waals surface area (Å²) in [5.41, 5.74) is 6.05. The van der Waals surface area contributed by atoms with Crippen molar-refractivity contribution in [3.8, 4) is 11.5 Å². The fourth-order valence-electron chi connectivity index (χ4n) is 1.62. The lowest BCUT2D eigenvalue weighted by atomic mass is 10.2. The van der Waals surface area contributed by atoms with E-state index in [1.165, 1.54) is 0 Å². The second kappa shape index (κ2) is 9.17. The summed E-state index contributed by atoms with van der Waals surface area (Å²) < 4.78 is 15.8. The summed E-state index contributed by atoms with van der Waals surface area (Å²) in [7, 11) is 3.27. The number of carbonyl (C=O) groups is 1. The van der Waals surface area contributed by atoms with Crippen molar-refractivity contribution >= 4 is 5.91 Å². The quantitative estimate of drug-likeness (QED) is 0.617. The number of ether oxygens (including phenoxy) is 3. The van der Waals surface area contributed by atoms with Crippen LogP contribution in [0.3, 0.4) is 0 Å². The van der Waals surface area contributed by atoms with Crippen LogP contribution in [0.1, 0.15) is 12.0 Å². The summed E-state index contributed by atoms with van der Waals surface area (Å²) in [6.45, 7) is 2.29. The molecule has 1 aromatic rings. The van der Waals surface area contributed by atoms with Crippen LogP contribution in [0.2, 0.25) is 0 Å². The molecule has 112 valence electrons. The monoisotopic (exact) mass is 282 g/mol. The number of rotatable bonds is 10. The molecule has 0 aliphatic heterocycles. The number of hydrogen-bond acceptors (Lipinski definition) is 5. The number of methoxy groups -OCH3 is 2. The van der Waals surface area contributed by atoms with Crippen molar-refractivity contribution in [1.82, 2.24) is 5.32 Å². The summed E-state index contributed by atoms with van der Waals surface area (Å²) in [6.07, 6.45) is 0.197. The van der Waals surface area contributed by atoms with Crippen molar-refractivity contribution in [2.24, 2.45) is 5.73 Å². The molecule has 0 heterocycles. The molecule has 0 unspecified atom stereocenters. The summed E-state index contributed by atoms with van der Waals surface area (Å²) in [5, 5.41) is 3.24. The van der Waals surface area contributed by atoms with Crippen LogP contribution < -0.4 is 20.5 Å². The summed E-state index contributed by atoms with van der Waals surface area (Å²) >= 11 is 0. The van der Waals surface area contributed by atoms with E-state index in [2.05, 4.69) is 5.32 Å². The van der Waals surface area contributed by atoms with Gasteiger partial charge in [-0.15, -0.1) is 0 Å². The molecule has 1 amide bonds. The topological polar surface area (TPSA) is 82.8 Å². The maximum atomic E-state index is 10.7. The SMILES string of the molecule is COCCNCc1cc(OC)ccc1OCCC(N)=O. The molecule has 3 N–H and O–H groups in total. The summed E-state index contributed by atoms with van der Waals surface area (Å²) in [6, 6.07) is 5.55. The Bertz CT molecular complexity index is 424. The van der Waals surface area contributed by atoms with Gasteiger partial charge in [-0.1, -0.05) is 0 Å². The van der Waals surface area contributed by atoms with Gasteiger partial charge < -0.3 is 25.3 Å². The lowest BCUT2D eigenvalue weighted by Crippen LogP contribution is -2.19. The fraction of sp³-hybridized carbons (Fsp3) is 0.500. The van der Waals surface area contributed by atoms with Crippen LogP contribution in [0.4, 0.5) is 0 Å². The average Bonchev–Trinajstić information content (AvgIpc) is 2.44. The minimum Gasteiger partial charge on any atom is -0.497 e. The zero-order chi connectivity index (χ0) is 14.8. The highest BCUT2D eigenvalue weighted by molar-refractivity contribution is 5.73. The van der Waals surface area contributed by atoms with Crippen LogP contribution in [-0.4, -0.2) is 39.9 Å². The maximum absolute atomic E-state index is 10.7. The second-order valence-corrected chi connectivity index (χ2v) is 4.21. The number of nitrogens with one attached hydrogen (secondary N) is 1. The Hall–Kier alpha value is -1.79. The first-order valence-corrected chi connectivity index (χ1v) is 6.45. The highest BCUT2D eigenvalue weighted by atomic mass is 16.5. The van der Waals surface area contributed by atoms with Gasteiger partial charge in [0.2, 0.25) is 5.91 Å². The predicted molar refractivity (Wildman–Crippen MR) is 75.9 cm³/mol. The zero-order valence-electron chi connectivity index (χ0n) is 12.0. The molecule has 0 saturated heterocycles. The molecular weight excluding hydrogens is 260 g/mol. The van der Waals surface area contributed by atoms with Crippen molar-refractivity contribution in [2.45, 2.75) is 13.0 Å². The minimum absolute atomic E-state index is 0.197. The Labute approximate surface area is 119 Å². The smallest absolute Gasteiger partial charge is 0.220 e. The molecule has 0 atom stereocenters. The largest absolute Gasteiger partial charge is 0.497 e. The van der Waals surface area contributed by atoms with Crippen LogP contribution in [0.15, 0.2) is 18.2 Å². The predicted octanol–water partition coefficient (Wildman–Crippen LogP) is 0.685. The lowest BCUT2D eigenvalue weighted by molar-refractivity contribution is -0.118. The van der Waals surface area contributed by atoms with E-state index >= 15 is 0 Å². The third-order valence-electron chi connectivity index (χ3n) is 2.67. The van der Waals surface area contributed by atoms with Gasteiger partial charge in [-0.25, -0.2) is 0 Å². The molecule has 0 fully saturated rings. The van der Waals surface area contributed by atoms with Crippen molar-refractivity contribution < 1.29 is 19.0 Å². The normalized spacial score (nSPS) is 10.3. The average molecular weight is 282 g/mol. The van der Waals surface area contributed by atoms with E-state index in [-0.39, 0.29) is 18.9 Å². The van der Waals surface area contributed by atoms with Crippen molar-refractivity contribution in [3.05, 3.63) is 23.8 Å². The molecular formula is C14H22N2O4. The number of carbonyl (C=O) groups excluding carboxylic acids is 1. The van der Waals surface area contributed by atoms with Gasteiger partial charge in [-0.05, 0) is 18.2 Å². The van der Waals surface area contributed by atoms with Gasteiger partial charge >= 0.3 is 0 Å². The fourth-order valence-corrected chi connectivity index (χ4v) is 1.62. The summed E-state index contributed by atoms with van der Waals surface area (Å²) in [5.74, 6) is 1.10. The van der Waals surface area contributed by atoms with E-state index < -0.39 is 0 Å². The van der Waals surface area contributed by atoms with Crippen LogP contribution in [-0.2, 0) is 16.1 Å². The molecule has 0 spiro atoms. The lowest BCUT2D eigenvalue weighted by Gasteiger charge is -2.13. The molecule has 6 heteroatoms. The van der Waals surface area contributed by atoms with Gasteiger partial charge in [-0.3, -0.25) is 4.79 Å². The standard InChI is InChI=1S/C14H22N2O4/c1-18-8-6-16-10-11-9-12(19-2)3-4-13(11)20-7-5-14(15)17/h3-4,9,16H,5-8,10H2,1-2H3,(H2,15,17). The maximum Gasteiger partial charge on any atom is 0.220 e. The Morgan fingerprint density at radius 3 is 2.75 bits per heavy atom. The number of benzene rings is 1. The first kappa shape index (κ1) is 16.3. The highest BCUT2D eigenvalue weighted by Crippen LogP contribution is 2.24. The van der Waals surface area contributed by atoms with Gasteiger partial charge in [0.05, 0.1) is 26.7 Å². The van der Waals surface area contributed by atoms with Crippen LogP contribution in [0.5, 0.6) is 11.5 Å². The molecule has 0 saturated carbocycles. The highest BCUT2D eigenvalue weighted by Gasteiger charge is 2.06. The van der Waals surface area contributed by atoms with Gasteiger partial charge in [0.15, 0.2) is 0 Å². The first-order chi connectivity index (χ1) is 9.67. The van der Waals surface area contributed by atoms with Gasteiger partial charge in [0, 0.05) is 25.8 Å². The summed E-state index contributed by atoms with van der Waals surface area (Å²) in [4.78, 5) is 10.7. The number of hydrogen-bond donors (Lipinski definition) is 2. The molecule has 0 radical (unpaired) electrons. The van der Waals surface area contributed by atoms with Crippen molar-refractivity contribution in [3.63, 3.8) is 0 Å². The molecule has 20 heavy (non-hydrogen) atoms. The molecule has 6 nitrogen and oxygen atoms in total. The number of primary amides is 1. The van der Waals surface area contributed by atoms with E-state index in [1.807, 2.05) is 18.2 Å². The Kier molecular flexibility index (Phi) is 7.46. The number of amides is 1. The van der Waals surface area contributed by atoms with E-state index in [0.717, 1.165) is 23.6 Å².